The zero-order chi connectivity index (χ0) is 12.8. The van der Waals surface area contributed by atoms with Crippen molar-refractivity contribution in [3.05, 3.63) is 0 Å². The van der Waals surface area contributed by atoms with E-state index in [1.807, 2.05) is 0 Å². The molecule has 0 spiro atoms. The van der Waals surface area contributed by atoms with Crippen molar-refractivity contribution in [3.63, 3.8) is 0 Å². The third-order valence-electron chi connectivity index (χ3n) is 4.28. The van der Waals surface area contributed by atoms with Crippen molar-refractivity contribution in [2.75, 3.05) is 38.6 Å². The van der Waals surface area contributed by atoms with Crippen LogP contribution in [-0.2, 0) is 4.79 Å². The van der Waals surface area contributed by atoms with Crippen LogP contribution >= 0.6 is 11.6 Å². The molecule has 1 saturated heterocycles. The maximum absolute atomic E-state index is 12.3. The predicted octanol–water partition coefficient (Wildman–Crippen LogP) is 2.34. The second-order valence-electron chi connectivity index (χ2n) is 5.62. The quantitative estimate of drug-likeness (QED) is 0.734. The highest BCUT2D eigenvalue weighted by Crippen LogP contribution is 2.28. The summed E-state index contributed by atoms with van der Waals surface area (Å²) in [4.78, 5) is 16.7. The normalized spacial score (nSPS) is 23.3. The Morgan fingerprint density at radius 3 is 2.56 bits per heavy atom. The number of hydrogen-bond donors (Lipinski definition) is 0. The number of alkyl halides is 1. The van der Waals surface area contributed by atoms with Crippen LogP contribution < -0.4 is 0 Å². The van der Waals surface area contributed by atoms with E-state index >= 15 is 0 Å². The fourth-order valence-corrected chi connectivity index (χ4v) is 3.39. The number of hydrogen-bond acceptors (Lipinski definition) is 2. The van der Waals surface area contributed by atoms with Gasteiger partial charge in [-0.15, -0.1) is 11.6 Å². The molecule has 2 fully saturated rings. The SMILES string of the molecule is O=C(CC1CCCC1)N1CCCN(CCCl)CC1. The van der Waals surface area contributed by atoms with Gasteiger partial charge in [0, 0.05) is 38.5 Å². The second-order valence-corrected chi connectivity index (χ2v) is 6.00. The minimum absolute atomic E-state index is 0.384. The molecule has 0 radical (unpaired) electrons. The Kier molecular flexibility index (Phi) is 5.77. The van der Waals surface area contributed by atoms with Crippen LogP contribution in [-0.4, -0.2) is 54.3 Å². The first-order valence-corrected chi connectivity index (χ1v) is 7.89. The van der Waals surface area contributed by atoms with Crippen molar-refractivity contribution in [1.82, 2.24) is 9.80 Å². The summed E-state index contributed by atoms with van der Waals surface area (Å²) in [5, 5.41) is 0. The number of carbonyl (C=O) groups excluding carboxylic acids is 1. The average Bonchev–Trinajstić information content (AvgIpc) is 2.74. The highest BCUT2D eigenvalue weighted by Gasteiger charge is 2.23. The fraction of sp³-hybridized carbons (Fsp3) is 0.929. The monoisotopic (exact) mass is 272 g/mol. The fourth-order valence-electron chi connectivity index (χ4n) is 3.15. The molecule has 2 aliphatic rings. The van der Waals surface area contributed by atoms with Gasteiger partial charge in [0.2, 0.25) is 5.91 Å². The molecule has 1 amide bonds. The van der Waals surface area contributed by atoms with E-state index < -0.39 is 0 Å². The van der Waals surface area contributed by atoms with Crippen LogP contribution in [0.1, 0.15) is 38.5 Å². The number of nitrogens with zero attached hydrogens (tertiary/aromatic N) is 2. The van der Waals surface area contributed by atoms with Crippen LogP contribution in [0.5, 0.6) is 0 Å². The minimum atomic E-state index is 0.384. The zero-order valence-electron chi connectivity index (χ0n) is 11.2. The van der Waals surface area contributed by atoms with Gasteiger partial charge in [0.25, 0.3) is 0 Å². The topological polar surface area (TPSA) is 23.6 Å². The van der Waals surface area contributed by atoms with Gasteiger partial charge < -0.3 is 9.80 Å². The number of carbonyl (C=O) groups is 1. The number of amides is 1. The molecule has 0 atom stereocenters. The summed E-state index contributed by atoms with van der Waals surface area (Å²) in [6.07, 6.45) is 7.04. The van der Waals surface area contributed by atoms with Crippen molar-refractivity contribution < 1.29 is 4.79 Å². The van der Waals surface area contributed by atoms with Crippen LogP contribution in [0.4, 0.5) is 0 Å². The Bertz CT molecular complexity index is 267. The molecular formula is C14H25ClN2O. The molecule has 104 valence electrons. The van der Waals surface area contributed by atoms with Crippen LogP contribution in [0.15, 0.2) is 0 Å². The molecule has 1 aliphatic carbocycles. The van der Waals surface area contributed by atoms with E-state index in [1.165, 1.54) is 25.7 Å². The molecule has 0 aromatic carbocycles. The molecule has 0 aromatic heterocycles. The van der Waals surface area contributed by atoms with Gasteiger partial charge >= 0.3 is 0 Å². The van der Waals surface area contributed by atoms with E-state index in [0.29, 0.717) is 17.7 Å². The van der Waals surface area contributed by atoms with Gasteiger partial charge in [-0.2, -0.15) is 0 Å². The molecule has 3 nitrogen and oxygen atoms in total. The first-order chi connectivity index (χ1) is 8.79. The summed E-state index contributed by atoms with van der Waals surface area (Å²) < 4.78 is 0. The summed E-state index contributed by atoms with van der Waals surface area (Å²) in [6.45, 7) is 4.85. The van der Waals surface area contributed by atoms with Gasteiger partial charge in [-0.05, 0) is 31.7 Å². The lowest BCUT2D eigenvalue weighted by Gasteiger charge is -2.22. The first kappa shape index (κ1) is 14.1. The number of rotatable bonds is 4. The van der Waals surface area contributed by atoms with Crippen molar-refractivity contribution in [3.8, 4) is 0 Å². The molecule has 0 bridgehead atoms. The van der Waals surface area contributed by atoms with E-state index in [4.69, 9.17) is 11.6 Å². The van der Waals surface area contributed by atoms with Crippen molar-refractivity contribution in [1.29, 1.82) is 0 Å². The summed E-state index contributed by atoms with van der Waals surface area (Å²) in [6, 6.07) is 0. The Morgan fingerprint density at radius 2 is 1.83 bits per heavy atom. The third kappa shape index (κ3) is 4.13. The highest BCUT2D eigenvalue weighted by molar-refractivity contribution is 6.18. The van der Waals surface area contributed by atoms with E-state index in [0.717, 1.165) is 45.6 Å². The van der Waals surface area contributed by atoms with Crippen LogP contribution in [0.2, 0.25) is 0 Å². The molecule has 4 heteroatoms. The molecule has 0 N–H and O–H groups in total. The van der Waals surface area contributed by atoms with Gasteiger partial charge in [-0.3, -0.25) is 4.79 Å². The van der Waals surface area contributed by atoms with Crippen molar-refractivity contribution in [2.24, 2.45) is 5.92 Å². The second kappa shape index (κ2) is 7.34. The van der Waals surface area contributed by atoms with Crippen molar-refractivity contribution in [2.45, 2.75) is 38.5 Å². The third-order valence-corrected chi connectivity index (χ3v) is 4.45. The highest BCUT2D eigenvalue weighted by atomic mass is 35.5. The van der Waals surface area contributed by atoms with Gasteiger partial charge in [-0.1, -0.05) is 12.8 Å². The molecule has 1 aliphatic heterocycles. The maximum Gasteiger partial charge on any atom is 0.222 e. The molecule has 1 saturated carbocycles. The van der Waals surface area contributed by atoms with Crippen molar-refractivity contribution >= 4 is 17.5 Å². The standard InChI is InChI=1S/C14H25ClN2O/c15-6-9-16-7-3-8-17(11-10-16)14(18)12-13-4-1-2-5-13/h13H,1-12H2. The van der Waals surface area contributed by atoms with Gasteiger partial charge in [0.1, 0.15) is 0 Å². The molecule has 0 unspecified atom stereocenters. The average molecular weight is 273 g/mol. The number of halogens is 1. The summed E-state index contributed by atoms with van der Waals surface area (Å²) in [5.74, 6) is 1.74. The smallest absolute Gasteiger partial charge is 0.222 e. The van der Waals surface area contributed by atoms with E-state index in [9.17, 15) is 4.79 Å². The maximum atomic E-state index is 12.3. The van der Waals surface area contributed by atoms with E-state index in [1.54, 1.807) is 0 Å². The minimum Gasteiger partial charge on any atom is -0.341 e. The summed E-state index contributed by atoms with van der Waals surface area (Å²) >= 11 is 5.78. The van der Waals surface area contributed by atoms with E-state index in [-0.39, 0.29) is 0 Å². The van der Waals surface area contributed by atoms with Crippen LogP contribution in [0, 0.1) is 5.92 Å². The Hall–Kier alpha value is -0.280. The summed E-state index contributed by atoms with van der Waals surface area (Å²) in [7, 11) is 0. The molecule has 0 aromatic rings. The van der Waals surface area contributed by atoms with Gasteiger partial charge in [0.15, 0.2) is 0 Å². The van der Waals surface area contributed by atoms with Gasteiger partial charge in [-0.25, -0.2) is 0 Å². The molecular weight excluding hydrogens is 248 g/mol. The largest absolute Gasteiger partial charge is 0.341 e. The molecule has 18 heavy (non-hydrogen) atoms. The predicted molar refractivity (Wildman–Crippen MR) is 74.9 cm³/mol. The van der Waals surface area contributed by atoms with Crippen LogP contribution in [0.25, 0.3) is 0 Å². The molecule has 1 heterocycles. The Morgan fingerprint density at radius 1 is 1.06 bits per heavy atom. The lowest BCUT2D eigenvalue weighted by molar-refractivity contribution is -0.132. The lowest BCUT2D eigenvalue weighted by Crippen LogP contribution is -2.36. The van der Waals surface area contributed by atoms with Gasteiger partial charge in [0.05, 0.1) is 0 Å². The van der Waals surface area contributed by atoms with Crippen LogP contribution in [0.3, 0.4) is 0 Å². The zero-order valence-corrected chi connectivity index (χ0v) is 12.0. The Balaban J connectivity index is 1.76. The molecule has 2 rings (SSSR count). The lowest BCUT2D eigenvalue weighted by atomic mass is 10.0. The van der Waals surface area contributed by atoms with E-state index in [2.05, 4.69) is 9.80 Å². The summed E-state index contributed by atoms with van der Waals surface area (Å²) in [5.41, 5.74) is 0. The Labute approximate surface area is 115 Å². The first-order valence-electron chi connectivity index (χ1n) is 7.35.